The van der Waals surface area contributed by atoms with E-state index in [1.165, 1.54) is 32.3 Å². The molecule has 1 atom stereocenters. The standard InChI is InChI=1S/C30H34FN7O3/c1-4-26(39)37-30-10-7-29(8-11-30,9-12-30)36-22-14-23(24-6-5-20-13-19(15-32)16-35-38(20)24)33-17-21(22)27(40)34-18-25(31)28(2,3)41/h4-6,13-14,16-17,25,41H,1,7-12,18H2,2-3H3,(H,33,36)(H,34,40)(H,37,39)/t25-,29?,30?/m1/s1. The lowest BCUT2D eigenvalue weighted by molar-refractivity contribution is -0.119. The van der Waals surface area contributed by atoms with Gasteiger partial charge in [-0.3, -0.25) is 14.6 Å². The molecule has 0 aliphatic heterocycles. The summed E-state index contributed by atoms with van der Waals surface area (Å²) in [5.41, 5.74) is 1.10. The zero-order chi connectivity index (χ0) is 29.4. The Balaban J connectivity index is 1.46. The van der Waals surface area contributed by atoms with Crippen LogP contribution in [0.2, 0.25) is 0 Å². The summed E-state index contributed by atoms with van der Waals surface area (Å²) in [5, 5.41) is 32.9. The van der Waals surface area contributed by atoms with E-state index in [0.717, 1.165) is 44.0 Å². The van der Waals surface area contributed by atoms with E-state index in [-0.39, 0.29) is 29.1 Å². The van der Waals surface area contributed by atoms with Crippen LogP contribution in [-0.2, 0) is 4.79 Å². The van der Waals surface area contributed by atoms with Crippen molar-refractivity contribution in [2.75, 3.05) is 11.9 Å². The Labute approximate surface area is 237 Å². The number of nitrogens with one attached hydrogen (secondary N) is 3. The Kier molecular flexibility index (Phi) is 7.30. The number of hydrogen-bond donors (Lipinski definition) is 4. The lowest BCUT2D eigenvalue weighted by Gasteiger charge is -2.54. The van der Waals surface area contributed by atoms with Crippen LogP contribution in [-0.4, -0.2) is 60.9 Å². The Morgan fingerprint density at radius 3 is 2.51 bits per heavy atom. The molecule has 11 heteroatoms. The number of halogens is 1. The van der Waals surface area contributed by atoms with Crippen LogP contribution in [0.25, 0.3) is 16.9 Å². The van der Waals surface area contributed by atoms with Crippen LogP contribution < -0.4 is 16.0 Å². The number of amides is 2. The van der Waals surface area contributed by atoms with E-state index in [4.69, 9.17) is 0 Å². The monoisotopic (exact) mass is 559 g/mol. The molecule has 0 saturated heterocycles. The molecule has 0 unspecified atom stereocenters. The molecule has 3 aliphatic rings. The highest BCUT2D eigenvalue weighted by atomic mass is 19.1. The van der Waals surface area contributed by atoms with Gasteiger partial charge in [0, 0.05) is 17.3 Å². The first-order valence-corrected chi connectivity index (χ1v) is 13.7. The summed E-state index contributed by atoms with van der Waals surface area (Å²) in [7, 11) is 0. The molecule has 3 aliphatic carbocycles. The number of hydrogen-bond acceptors (Lipinski definition) is 7. The van der Waals surface area contributed by atoms with Crippen molar-refractivity contribution in [3.8, 4) is 17.5 Å². The first-order valence-electron chi connectivity index (χ1n) is 13.7. The van der Waals surface area contributed by atoms with Gasteiger partial charge in [-0.05, 0) is 82.7 Å². The molecule has 214 valence electrons. The molecule has 3 fully saturated rings. The van der Waals surface area contributed by atoms with Crippen LogP contribution in [0.15, 0.2) is 49.3 Å². The van der Waals surface area contributed by atoms with Gasteiger partial charge in [0.15, 0.2) is 0 Å². The third-order valence-electron chi connectivity index (χ3n) is 8.47. The van der Waals surface area contributed by atoms with Crippen LogP contribution in [0.1, 0.15) is 68.3 Å². The molecule has 2 amide bonds. The lowest BCUT2D eigenvalue weighted by atomic mass is 9.61. The maximum atomic E-state index is 14.4. The Morgan fingerprint density at radius 2 is 1.88 bits per heavy atom. The van der Waals surface area contributed by atoms with Crippen molar-refractivity contribution in [3.63, 3.8) is 0 Å². The van der Waals surface area contributed by atoms with Crippen LogP contribution in [0.3, 0.4) is 0 Å². The van der Waals surface area contributed by atoms with Crippen LogP contribution in [0.4, 0.5) is 10.1 Å². The van der Waals surface area contributed by atoms with Gasteiger partial charge in [-0.15, -0.1) is 0 Å². The fraction of sp³-hybridized carbons (Fsp3) is 0.433. The number of carbonyl (C=O) groups is 2. The van der Waals surface area contributed by atoms with Gasteiger partial charge in [-0.2, -0.15) is 10.4 Å². The van der Waals surface area contributed by atoms with E-state index in [2.05, 4.69) is 38.7 Å². The summed E-state index contributed by atoms with van der Waals surface area (Å²) in [4.78, 5) is 29.9. The van der Waals surface area contributed by atoms with Crippen LogP contribution in [0, 0.1) is 11.3 Å². The Bertz CT molecular complexity index is 1530. The zero-order valence-corrected chi connectivity index (χ0v) is 23.2. The number of rotatable bonds is 9. The first-order chi connectivity index (χ1) is 19.5. The van der Waals surface area contributed by atoms with E-state index in [1.807, 2.05) is 12.1 Å². The molecule has 3 saturated carbocycles. The quantitative estimate of drug-likeness (QED) is 0.293. The molecule has 10 nitrogen and oxygen atoms in total. The summed E-state index contributed by atoms with van der Waals surface area (Å²) in [5.74, 6) is -0.678. The zero-order valence-electron chi connectivity index (χ0n) is 23.2. The molecule has 3 aromatic rings. The second kappa shape index (κ2) is 10.6. The highest BCUT2D eigenvalue weighted by Crippen LogP contribution is 2.48. The average molecular weight is 560 g/mol. The molecule has 0 radical (unpaired) electrons. The topological polar surface area (TPSA) is 144 Å². The molecule has 41 heavy (non-hydrogen) atoms. The van der Waals surface area contributed by atoms with Crippen molar-refractivity contribution in [1.82, 2.24) is 25.2 Å². The van der Waals surface area contributed by atoms with Crippen molar-refractivity contribution in [2.45, 2.75) is 75.2 Å². The van der Waals surface area contributed by atoms with Gasteiger partial charge in [0.2, 0.25) is 5.91 Å². The van der Waals surface area contributed by atoms with Gasteiger partial charge in [-0.25, -0.2) is 8.91 Å². The van der Waals surface area contributed by atoms with E-state index in [9.17, 15) is 24.3 Å². The fourth-order valence-corrected chi connectivity index (χ4v) is 5.82. The van der Waals surface area contributed by atoms with Gasteiger partial charge < -0.3 is 21.1 Å². The number of aliphatic hydroxyl groups is 1. The van der Waals surface area contributed by atoms with Crippen molar-refractivity contribution in [1.29, 1.82) is 5.26 Å². The maximum absolute atomic E-state index is 14.4. The van der Waals surface area contributed by atoms with Gasteiger partial charge in [0.1, 0.15) is 12.2 Å². The van der Waals surface area contributed by atoms with E-state index >= 15 is 0 Å². The Morgan fingerprint density at radius 1 is 1.20 bits per heavy atom. The first kappa shape index (κ1) is 28.2. The van der Waals surface area contributed by atoms with Gasteiger partial charge in [-0.1, -0.05) is 6.58 Å². The second-order valence-corrected chi connectivity index (χ2v) is 11.7. The number of nitriles is 1. The highest BCUT2D eigenvalue weighted by Gasteiger charge is 2.49. The van der Waals surface area contributed by atoms with Gasteiger partial charge in [0.05, 0.1) is 52.1 Å². The third kappa shape index (κ3) is 5.65. The number of anilines is 1. The van der Waals surface area contributed by atoms with Gasteiger partial charge >= 0.3 is 0 Å². The minimum absolute atomic E-state index is 0.169. The molecule has 0 aromatic carbocycles. The fourth-order valence-electron chi connectivity index (χ4n) is 5.82. The van der Waals surface area contributed by atoms with Crippen molar-refractivity contribution in [3.05, 3.63) is 60.4 Å². The van der Waals surface area contributed by atoms with E-state index in [0.29, 0.717) is 22.6 Å². The largest absolute Gasteiger partial charge is 0.387 e. The number of pyridine rings is 1. The molecule has 2 bridgehead atoms. The predicted octanol–water partition coefficient (Wildman–Crippen LogP) is 3.67. The molecule has 3 aromatic heterocycles. The number of nitrogens with zero attached hydrogens (tertiary/aromatic N) is 4. The van der Waals surface area contributed by atoms with Crippen LogP contribution in [0.5, 0.6) is 0 Å². The lowest BCUT2D eigenvalue weighted by Crippen LogP contribution is -2.60. The average Bonchev–Trinajstić information content (AvgIpc) is 3.39. The highest BCUT2D eigenvalue weighted by molar-refractivity contribution is 6.00. The molecular formula is C30H34FN7O3. The van der Waals surface area contributed by atoms with Crippen molar-refractivity contribution in [2.24, 2.45) is 0 Å². The smallest absolute Gasteiger partial charge is 0.255 e. The minimum atomic E-state index is -1.65. The van der Waals surface area contributed by atoms with Crippen molar-refractivity contribution >= 4 is 23.0 Å². The molecule has 6 rings (SSSR count). The molecule has 0 spiro atoms. The minimum Gasteiger partial charge on any atom is -0.387 e. The number of fused-ring (bicyclic) bond motifs is 4. The molecule has 4 N–H and O–H groups in total. The summed E-state index contributed by atoms with van der Waals surface area (Å²) < 4.78 is 16.1. The molecular weight excluding hydrogens is 525 g/mol. The number of aromatic nitrogens is 3. The van der Waals surface area contributed by atoms with Crippen molar-refractivity contribution < 1.29 is 19.1 Å². The number of alkyl halides is 1. The third-order valence-corrected chi connectivity index (χ3v) is 8.47. The SMILES string of the molecule is C=CC(=O)NC12CCC(Nc3cc(-c4ccc5cc(C#N)cnn45)ncc3C(=O)NC[C@@H](F)C(C)(C)O)(CC1)CC2. The van der Waals surface area contributed by atoms with E-state index in [1.54, 1.807) is 16.6 Å². The number of carbonyl (C=O) groups excluding carboxylic acids is 2. The maximum Gasteiger partial charge on any atom is 0.255 e. The molecule has 3 heterocycles. The second-order valence-electron chi connectivity index (χ2n) is 11.7. The summed E-state index contributed by atoms with van der Waals surface area (Å²) >= 11 is 0. The summed E-state index contributed by atoms with van der Waals surface area (Å²) in [6.45, 7) is 5.92. The summed E-state index contributed by atoms with van der Waals surface area (Å²) in [6.07, 6.45) is 7.35. The Hall–Kier alpha value is -4.30. The van der Waals surface area contributed by atoms with Gasteiger partial charge in [0.25, 0.3) is 5.91 Å². The van der Waals surface area contributed by atoms with Crippen LogP contribution >= 0.6 is 0 Å². The predicted molar refractivity (Wildman–Crippen MR) is 152 cm³/mol. The van der Waals surface area contributed by atoms with E-state index < -0.39 is 17.7 Å². The normalized spacial score (nSPS) is 22.5. The summed E-state index contributed by atoms with van der Waals surface area (Å²) in [6, 6.07) is 9.30.